The first kappa shape index (κ1) is 15.5. The Bertz CT molecular complexity index is 570. The highest BCUT2D eigenvalue weighted by Gasteiger charge is 2.06. The van der Waals surface area contributed by atoms with E-state index < -0.39 is 0 Å². The van der Waals surface area contributed by atoms with Crippen molar-refractivity contribution in [1.82, 2.24) is 15.3 Å². The van der Waals surface area contributed by atoms with Gasteiger partial charge in [0, 0.05) is 29.5 Å². The molecule has 2 heterocycles. The van der Waals surface area contributed by atoms with Gasteiger partial charge in [0.2, 0.25) is 0 Å². The zero-order valence-corrected chi connectivity index (χ0v) is 14.3. The molecule has 0 saturated carbocycles. The first-order valence-corrected chi connectivity index (χ1v) is 8.14. The summed E-state index contributed by atoms with van der Waals surface area (Å²) in [5, 5.41) is 5.36. The number of hydrogen-bond acceptors (Lipinski definition) is 4. The lowest BCUT2D eigenvalue weighted by Gasteiger charge is -2.10. The minimum absolute atomic E-state index is 0.483. The maximum Gasteiger partial charge on any atom is 0.105 e. The summed E-state index contributed by atoms with van der Waals surface area (Å²) in [4.78, 5) is 8.91. The van der Waals surface area contributed by atoms with E-state index in [1.165, 1.54) is 11.1 Å². The standard InChI is InChI=1S/C15H18BrN3S/c1-10(2)17-7-12-6-11(3)15(19-8-12)20-14-5-4-13(16)9-18-14/h4-6,8-10,17H,7H2,1-3H3. The highest BCUT2D eigenvalue weighted by molar-refractivity contribution is 9.10. The monoisotopic (exact) mass is 351 g/mol. The number of aromatic nitrogens is 2. The van der Waals surface area contributed by atoms with Crippen LogP contribution in [0.15, 0.2) is 45.1 Å². The maximum atomic E-state index is 4.55. The van der Waals surface area contributed by atoms with E-state index in [4.69, 9.17) is 0 Å². The van der Waals surface area contributed by atoms with Crippen molar-refractivity contribution in [3.63, 3.8) is 0 Å². The normalized spacial score (nSPS) is 11.1. The van der Waals surface area contributed by atoms with E-state index in [0.29, 0.717) is 6.04 Å². The minimum Gasteiger partial charge on any atom is -0.310 e. The molecule has 0 aliphatic rings. The van der Waals surface area contributed by atoms with Crippen LogP contribution in [0, 0.1) is 6.92 Å². The molecule has 0 amide bonds. The summed E-state index contributed by atoms with van der Waals surface area (Å²) < 4.78 is 0.988. The van der Waals surface area contributed by atoms with E-state index in [9.17, 15) is 0 Å². The molecule has 0 radical (unpaired) electrons. The van der Waals surface area contributed by atoms with Gasteiger partial charge in [-0.3, -0.25) is 0 Å². The van der Waals surface area contributed by atoms with Crippen LogP contribution in [0.3, 0.4) is 0 Å². The zero-order valence-electron chi connectivity index (χ0n) is 11.9. The van der Waals surface area contributed by atoms with Gasteiger partial charge in [-0.05, 0) is 57.9 Å². The second-order valence-corrected chi connectivity index (χ2v) is 6.84. The number of pyridine rings is 2. The molecule has 0 aliphatic heterocycles. The van der Waals surface area contributed by atoms with Crippen molar-refractivity contribution in [2.75, 3.05) is 0 Å². The van der Waals surface area contributed by atoms with Crippen molar-refractivity contribution in [3.05, 3.63) is 46.2 Å². The molecule has 0 atom stereocenters. The largest absolute Gasteiger partial charge is 0.310 e. The molecular weight excluding hydrogens is 334 g/mol. The second-order valence-electron chi connectivity index (χ2n) is 4.92. The fourth-order valence-corrected chi connectivity index (χ4v) is 2.67. The van der Waals surface area contributed by atoms with Gasteiger partial charge < -0.3 is 5.32 Å². The molecule has 106 valence electrons. The molecule has 0 unspecified atom stereocenters. The van der Waals surface area contributed by atoms with Crippen LogP contribution in [-0.4, -0.2) is 16.0 Å². The van der Waals surface area contributed by atoms with Crippen LogP contribution < -0.4 is 5.32 Å². The van der Waals surface area contributed by atoms with Gasteiger partial charge in [0.15, 0.2) is 0 Å². The highest BCUT2D eigenvalue weighted by atomic mass is 79.9. The Morgan fingerprint density at radius 3 is 2.65 bits per heavy atom. The molecule has 3 nitrogen and oxygen atoms in total. The number of aryl methyl sites for hydroxylation is 1. The number of hydrogen-bond donors (Lipinski definition) is 1. The van der Waals surface area contributed by atoms with Crippen LogP contribution in [0.25, 0.3) is 0 Å². The molecule has 0 bridgehead atoms. The fraction of sp³-hybridized carbons (Fsp3) is 0.333. The smallest absolute Gasteiger partial charge is 0.105 e. The van der Waals surface area contributed by atoms with Gasteiger partial charge in [0.25, 0.3) is 0 Å². The van der Waals surface area contributed by atoms with Gasteiger partial charge in [-0.2, -0.15) is 0 Å². The van der Waals surface area contributed by atoms with Crippen LogP contribution in [0.2, 0.25) is 0 Å². The lowest BCUT2D eigenvalue weighted by Crippen LogP contribution is -2.21. The molecular formula is C15H18BrN3S. The van der Waals surface area contributed by atoms with Gasteiger partial charge in [0.1, 0.15) is 10.1 Å². The van der Waals surface area contributed by atoms with Crippen LogP contribution in [0.5, 0.6) is 0 Å². The number of nitrogens with one attached hydrogen (secondary N) is 1. The number of rotatable bonds is 5. The van der Waals surface area contributed by atoms with E-state index in [0.717, 1.165) is 21.1 Å². The van der Waals surface area contributed by atoms with E-state index in [1.54, 1.807) is 18.0 Å². The van der Waals surface area contributed by atoms with Crippen molar-refractivity contribution in [1.29, 1.82) is 0 Å². The van der Waals surface area contributed by atoms with E-state index in [-0.39, 0.29) is 0 Å². The molecule has 2 aromatic rings. The number of halogens is 1. The molecule has 5 heteroatoms. The van der Waals surface area contributed by atoms with Gasteiger partial charge >= 0.3 is 0 Å². The maximum absolute atomic E-state index is 4.55. The van der Waals surface area contributed by atoms with E-state index >= 15 is 0 Å². The van der Waals surface area contributed by atoms with Gasteiger partial charge in [-0.1, -0.05) is 19.9 Å². The van der Waals surface area contributed by atoms with Crippen molar-refractivity contribution in [2.45, 2.75) is 43.4 Å². The number of nitrogens with zero attached hydrogens (tertiary/aromatic N) is 2. The van der Waals surface area contributed by atoms with Crippen LogP contribution >= 0.6 is 27.7 Å². The van der Waals surface area contributed by atoms with Crippen molar-refractivity contribution in [2.24, 2.45) is 0 Å². The Morgan fingerprint density at radius 2 is 2.05 bits per heavy atom. The second kappa shape index (κ2) is 7.20. The highest BCUT2D eigenvalue weighted by Crippen LogP contribution is 2.27. The van der Waals surface area contributed by atoms with Crippen molar-refractivity contribution < 1.29 is 0 Å². The van der Waals surface area contributed by atoms with E-state index in [1.807, 2.05) is 18.3 Å². The molecule has 0 aromatic carbocycles. The third kappa shape index (κ3) is 4.58. The molecule has 20 heavy (non-hydrogen) atoms. The van der Waals surface area contributed by atoms with Crippen molar-refractivity contribution >= 4 is 27.7 Å². The van der Waals surface area contributed by atoms with Crippen LogP contribution in [0.1, 0.15) is 25.0 Å². The average Bonchev–Trinajstić information content (AvgIpc) is 2.41. The summed E-state index contributed by atoms with van der Waals surface area (Å²) in [7, 11) is 0. The van der Waals surface area contributed by atoms with Crippen LogP contribution in [0.4, 0.5) is 0 Å². The first-order chi connectivity index (χ1) is 9.54. The summed E-state index contributed by atoms with van der Waals surface area (Å²) >= 11 is 4.98. The Balaban J connectivity index is 2.07. The lowest BCUT2D eigenvalue weighted by atomic mass is 10.2. The van der Waals surface area contributed by atoms with Gasteiger partial charge in [-0.25, -0.2) is 9.97 Å². The summed E-state index contributed by atoms with van der Waals surface area (Å²) in [6.07, 6.45) is 3.74. The van der Waals surface area contributed by atoms with Crippen molar-refractivity contribution in [3.8, 4) is 0 Å². The van der Waals surface area contributed by atoms with Crippen LogP contribution in [-0.2, 0) is 6.54 Å². The molecule has 1 N–H and O–H groups in total. The molecule has 0 aliphatic carbocycles. The summed E-state index contributed by atoms with van der Waals surface area (Å²) in [5.74, 6) is 0. The molecule has 2 rings (SSSR count). The molecule has 0 spiro atoms. The Hall–Kier alpha value is -0.910. The minimum atomic E-state index is 0.483. The predicted molar refractivity (Wildman–Crippen MR) is 87.0 cm³/mol. The fourth-order valence-electron chi connectivity index (χ4n) is 1.67. The van der Waals surface area contributed by atoms with E-state index in [2.05, 4.69) is 58.1 Å². The zero-order chi connectivity index (χ0) is 14.5. The lowest BCUT2D eigenvalue weighted by molar-refractivity contribution is 0.587. The van der Waals surface area contributed by atoms with Gasteiger partial charge in [0.05, 0.1) is 0 Å². The first-order valence-electron chi connectivity index (χ1n) is 6.53. The average molecular weight is 352 g/mol. The summed E-state index contributed by atoms with van der Waals surface area (Å²) in [6, 6.07) is 6.65. The third-order valence-electron chi connectivity index (χ3n) is 2.70. The van der Waals surface area contributed by atoms with Gasteiger partial charge in [-0.15, -0.1) is 0 Å². The third-order valence-corrected chi connectivity index (χ3v) is 4.24. The summed E-state index contributed by atoms with van der Waals surface area (Å²) in [6.45, 7) is 7.23. The quantitative estimate of drug-likeness (QED) is 0.875. The Kier molecular flexibility index (Phi) is 5.57. The molecule has 0 fully saturated rings. The summed E-state index contributed by atoms with van der Waals surface area (Å²) in [5.41, 5.74) is 2.40. The molecule has 2 aromatic heterocycles. The SMILES string of the molecule is Cc1cc(CNC(C)C)cnc1Sc1ccc(Br)cn1. The Morgan fingerprint density at radius 1 is 1.25 bits per heavy atom. The predicted octanol–water partition coefficient (Wildman–Crippen LogP) is 4.20. The topological polar surface area (TPSA) is 37.8 Å². The Labute approximate surface area is 132 Å². The molecule has 0 saturated heterocycles.